The third-order valence-corrected chi connectivity index (χ3v) is 4.40. The fraction of sp³-hybridized carbons (Fsp3) is 0.250. The highest BCUT2D eigenvalue weighted by Gasteiger charge is 2.14. The molecule has 0 saturated carbocycles. The van der Waals surface area contributed by atoms with Crippen LogP contribution in [0.1, 0.15) is 23.6 Å². The van der Waals surface area contributed by atoms with E-state index in [-0.39, 0.29) is 0 Å². The fourth-order valence-corrected chi connectivity index (χ4v) is 3.19. The van der Waals surface area contributed by atoms with Crippen molar-refractivity contribution in [3.05, 3.63) is 47.1 Å². The number of hydrogen-bond acceptors (Lipinski definition) is 4. The Balaban J connectivity index is 1.74. The van der Waals surface area contributed by atoms with Crippen molar-refractivity contribution in [2.45, 2.75) is 26.0 Å². The zero-order valence-corrected chi connectivity index (χ0v) is 12.5. The second kappa shape index (κ2) is 6.08. The van der Waals surface area contributed by atoms with Gasteiger partial charge in [-0.3, -0.25) is 0 Å². The summed E-state index contributed by atoms with van der Waals surface area (Å²) in [6.07, 6.45) is 1.75. The van der Waals surface area contributed by atoms with Gasteiger partial charge in [-0.15, -0.1) is 22.4 Å². The Kier molecular flexibility index (Phi) is 4.00. The van der Waals surface area contributed by atoms with E-state index in [1.807, 2.05) is 24.4 Å². The topological polar surface area (TPSA) is 50.9 Å². The van der Waals surface area contributed by atoms with Crippen molar-refractivity contribution < 1.29 is 5.11 Å². The van der Waals surface area contributed by atoms with Crippen LogP contribution in [0.15, 0.2) is 36.5 Å². The van der Waals surface area contributed by atoms with E-state index in [1.165, 1.54) is 10.1 Å². The maximum atomic E-state index is 10.4. The number of aliphatic hydroxyl groups is 1. The molecule has 0 amide bonds. The van der Waals surface area contributed by atoms with Gasteiger partial charge in [-0.1, -0.05) is 29.3 Å². The number of rotatable bonds is 4. The molecule has 0 spiro atoms. The van der Waals surface area contributed by atoms with E-state index < -0.39 is 6.10 Å². The van der Waals surface area contributed by atoms with Crippen LogP contribution in [0.3, 0.4) is 0 Å². The highest BCUT2D eigenvalue weighted by Crippen LogP contribution is 2.30. The predicted octanol–water partition coefficient (Wildman–Crippen LogP) is 2.79. The molecule has 21 heavy (non-hydrogen) atoms. The quantitative estimate of drug-likeness (QED) is 0.753. The number of hydrogen-bond donors (Lipinski definition) is 1. The van der Waals surface area contributed by atoms with Crippen molar-refractivity contribution in [3.63, 3.8) is 0 Å². The largest absolute Gasteiger partial charge is 0.387 e. The van der Waals surface area contributed by atoms with Crippen molar-refractivity contribution in [3.8, 4) is 11.8 Å². The summed E-state index contributed by atoms with van der Waals surface area (Å²) in [5.74, 6) is 5.75. The minimum Gasteiger partial charge on any atom is -0.387 e. The molecule has 3 aromatic rings. The molecule has 0 aliphatic heterocycles. The van der Waals surface area contributed by atoms with Crippen LogP contribution in [0, 0.1) is 11.8 Å². The summed E-state index contributed by atoms with van der Waals surface area (Å²) in [5.41, 5.74) is 0.776. The second-order valence-corrected chi connectivity index (χ2v) is 5.86. The number of thiophene rings is 1. The number of fused-ring (bicyclic) bond motifs is 1. The summed E-state index contributed by atoms with van der Waals surface area (Å²) in [5, 5.41) is 19.6. The van der Waals surface area contributed by atoms with E-state index in [0.717, 1.165) is 10.6 Å². The molecular formula is C16H15N3OS. The van der Waals surface area contributed by atoms with Gasteiger partial charge in [-0.05, 0) is 24.4 Å². The molecule has 0 radical (unpaired) electrons. The summed E-state index contributed by atoms with van der Waals surface area (Å²) in [6, 6.07) is 10.2. The maximum Gasteiger partial charge on any atom is 0.103 e. The van der Waals surface area contributed by atoms with Gasteiger partial charge in [0.25, 0.3) is 0 Å². The number of aromatic nitrogens is 3. The number of benzene rings is 1. The Morgan fingerprint density at radius 1 is 1.38 bits per heavy atom. The minimum atomic E-state index is -0.551. The number of aliphatic hydroxyl groups excluding tert-OH is 1. The van der Waals surface area contributed by atoms with Gasteiger partial charge >= 0.3 is 0 Å². The van der Waals surface area contributed by atoms with Gasteiger partial charge in [0.05, 0.1) is 11.8 Å². The van der Waals surface area contributed by atoms with E-state index in [4.69, 9.17) is 0 Å². The molecule has 2 heterocycles. The molecule has 0 aliphatic carbocycles. The average Bonchev–Trinajstić information content (AvgIpc) is 3.11. The van der Waals surface area contributed by atoms with Crippen molar-refractivity contribution in [2.24, 2.45) is 0 Å². The molecule has 1 unspecified atom stereocenters. The zero-order chi connectivity index (χ0) is 14.7. The van der Waals surface area contributed by atoms with Crippen LogP contribution in [-0.2, 0) is 13.0 Å². The van der Waals surface area contributed by atoms with Gasteiger partial charge < -0.3 is 5.11 Å². The molecule has 0 bridgehead atoms. The first kappa shape index (κ1) is 13.8. The molecule has 3 rings (SSSR count). The smallest absolute Gasteiger partial charge is 0.103 e. The Morgan fingerprint density at radius 2 is 2.24 bits per heavy atom. The SMILES string of the molecule is CC#CCn1cc(CC(O)c2cc3ccccc3s2)nn1. The van der Waals surface area contributed by atoms with Crippen LogP contribution in [0.5, 0.6) is 0 Å². The van der Waals surface area contributed by atoms with Gasteiger partial charge in [0.1, 0.15) is 6.54 Å². The zero-order valence-electron chi connectivity index (χ0n) is 11.7. The summed E-state index contributed by atoms with van der Waals surface area (Å²) in [4.78, 5) is 0.957. The fourth-order valence-electron chi connectivity index (χ4n) is 2.13. The molecule has 4 nitrogen and oxygen atoms in total. The summed E-state index contributed by atoms with van der Waals surface area (Å²) in [7, 11) is 0. The summed E-state index contributed by atoms with van der Waals surface area (Å²) >= 11 is 1.62. The van der Waals surface area contributed by atoms with Crippen LogP contribution in [0.2, 0.25) is 0 Å². The van der Waals surface area contributed by atoms with E-state index >= 15 is 0 Å². The van der Waals surface area contributed by atoms with Gasteiger partial charge in [-0.2, -0.15) is 0 Å². The van der Waals surface area contributed by atoms with Crippen molar-refractivity contribution in [1.82, 2.24) is 15.0 Å². The van der Waals surface area contributed by atoms with Crippen LogP contribution in [0.25, 0.3) is 10.1 Å². The molecule has 2 aromatic heterocycles. The molecule has 0 fully saturated rings. The first-order chi connectivity index (χ1) is 10.3. The highest BCUT2D eigenvalue weighted by molar-refractivity contribution is 7.19. The van der Waals surface area contributed by atoms with Crippen molar-refractivity contribution in [1.29, 1.82) is 0 Å². The molecule has 1 atom stereocenters. The Bertz CT molecular complexity index is 776. The van der Waals surface area contributed by atoms with Gasteiger partial charge in [0.2, 0.25) is 0 Å². The van der Waals surface area contributed by atoms with Crippen LogP contribution in [0.4, 0.5) is 0 Å². The van der Waals surface area contributed by atoms with Crippen LogP contribution in [-0.4, -0.2) is 20.1 Å². The Labute approximate surface area is 127 Å². The third-order valence-electron chi connectivity index (χ3n) is 3.18. The first-order valence-corrected chi connectivity index (χ1v) is 7.53. The first-order valence-electron chi connectivity index (χ1n) is 6.71. The summed E-state index contributed by atoms with van der Waals surface area (Å²) in [6.45, 7) is 2.32. The molecule has 0 saturated heterocycles. The highest BCUT2D eigenvalue weighted by atomic mass is 32.1. The molecule has 106 valence electrons. The summed E-state index contributed by atoms with van der Waals surface area (Å²) < 4.78 is 2.87. The van der Waals surface area contributed by atoms with Gasteiger partial charge in [0.15, 0.2) is 0 Å². The van der Waals surface area contributed by atoms with Gasteiger partial charge in [-0.25, -0.2) is 4.68 Å². The second-order valence-electron chi connectivity index (χ2n) is 4.74. The molecular weight excluding hydrogens is 282 g/mol. The Hall–Kier alpha value is -2.16. The third kappa shape index (κ3) is 3.13. The molecule has 5 heteroatoms. The van der Waals surface area contributed by atoms with Gasteiger partial charge in [0, 0.05) is 22.2 Å². The lowest BCUT2D eigenvalue weighted by Gasteiger charge is -2.04. The van der Waals surface area contributed by atoms with Crippen LogP contribution >= 0.6 is 11.3 Å². The Morgan fingerprint density at radius 3 is 3.05 bits per heavy atom. The predicted molar refractivity (Wildman–Crippen MR) is 84.0 cm³/mol. The lowest BCUT2D eigenvalue weighted by atomic mass is 10.1. The monoisotopic (exact) mass is 297 g/mol. The van der Waals surface area contributed by atoms with E-state index in [2.05, 4.69) is 34.3 Å². The van der Waals surface area contributed by atoms with E-state index in [1.54, 1.807) is 22.9 Å². The van der Waals surface area contributed by atoms with Crippen molar-refractivity contribution in [2.75, 3.05) is 0 Å². The molecule has 0 aliphatic rings. The molecule has 1 N–H and O–H groups in total. The van der Waals surface area contributed by atoms with E-state index in [0.29, 0.717) is 13.0 Å². The minimum absolute atomic E-state index is 0.465. The lowest BCUT2D eigenvalue weighted by molar-refractivity contribution is 0.181. The molecule has 1 aromatic carbocycles. The van der Waals surface area contributed by atoms with Crippen LogP contribution < -0.4 is 0 Å². The normalized spacial score (nSPS) is 12.1. The van der Waals surface area contributed by atoms with Crippen molar-refractivity contribution >= 4 is 21.4 Å². The van der Waals surface area contributed by atoms with E-state index in [9.17, 15) is 5.11 Å². The standard InChI is InChI=1S/C16H15N3OS/c1-2-3-8-19-11-13(17-18-19)10-14(20)16-9-12-6-4-5-7-15(12)21-16/h4-7,9,11,14,20H,8,10H2,1H3. The average molecular weight is 297 g/mol. The maximum absolute atomic E-state index is 10.4. The lowest BCUT2D eigenvalue weighted by Crippen LogP contribution is -1.99. The number of nitrogens with zero attached hydrogens (tertiary/aromatic N) is 3.